The normalized spacial score (nSPS) is 28.6. The summed E-state index contributed by atoms with van der Waals surface area (Å²) < 4.78 is 0. The highest BCUT2D eigenvalue weighted by Crippen LogP contribution is 2.17. The Labute approximate surface area is 84.7 Å². The van der Waals surface area contributed by atoms with Gasteiger partial charge in [0.25, 0.3) is 0 Å². The third kappa shape index (κ3) is 1.89. The standard InChI is InChI=1S/C10H18N2O2/c1-4-10(3)9(14)12(5-2)7-6-8(13)11-10/h4-7H2,1-3H3,(H,11,13). The number of hydrogen-bond acceptors (Lipinski definition) is 2. The molecule has 1 rings (SSSR count). The van der Waals surface area contributed by atoms with Crippen molar-refractivity contribution in [1.82, 2.24) is 10.2 Å². The molecule has 14 heavy (non-hydrogen) atoms. The van der Waals surface area contributed by atoms with Crippen LogP contribution in [0.3, 0.4) is 0 Å². The molecule has 1 aliphatic rings. The summed E-state index contributed by atoms with van der Waals surface area (Å²) in [4.78, 5) is 25.1. The summed E-state index contributed by atoms with van der Waals surface area (Å²) in [6.07, 6.45) is 1.04. The molecule has 1 heterocycles. The van der Waals surface area contributed by atoms with Gasteiger partial charge in [-0.05, 0) is 20.3 Å². The van der Waals surface area contributed by atoms with Gasteiger partial charge in [0.15, 0.2) is 0 Å². The molecule has 1 saturated heterocycles. The van der Waals surface area contributed by atoms with Crippen LogP contribution in [0.4, 0.5) is 0 Å². The van der Waals surface area contributed by atoms with Crippen LogP contribution in [-0.4, -0.2) is 35.3 Å². The molecule has 1 fully saturated rings. The van der Waals surface area contributed by atoms with Gasteiger partial charge in [-0.2, -0.15) is 0 Å². The summed E-state index contributed by atoms with van der Waals surface area (Å²) in [5, 5.41) is 2.79. The SMILES string of the molecule is CCN1CCC(=O)NC(C)(CC)C1=O. The fourth-order valence-electron chi connectivity index (χ4n) is 1.65. The molecule has 1 N–H and O–H groups in total. The van der Waals surface area contributed by atoms with Gasteiger partial charge in [-0.3, -0.25) is 9.59 Å². The number of amides is 2. The maximum absolute atomic E-state index is 12.0. The summed E-state index contributed by atoms with van der Waals surface area (Å²) in [6, 6.07) is 0. The Bertz CT molecular complexity index is 253. The smallest absolute Gasteiger partial charge is 0.248 e. The van der Waals surface area contributed by atoms with Crippen LogP contribution in [0, 0.1) is 0 Å². The summed E-state index contributed by atoms with van der Waals surface area (Å²) >= 11 is 0. The summed E-state index contributed by atoms with van der Waals surface area (Å²) in [5.74, 6) is 0.00648. The van der Waals surface area contributed by atoms with Crippen molar-refractivity contribution < 1.29 is 9.59 Å². The molecule has 0 aromatic heterocycles. The van der Waals surface area contributed by atoms with Gasteiger partial charge in [-0.25, -0.2) is 0 Å². The fourth-order valence-corrected chi connectivity index (χ4v) is 1.65. The third-order valence-electron chi connectivity index (χ3n) is 2.87. The molecule has 0 saturated carbocycles. The highest BCUT2D eigenvalue weighted by atomic mass is 16.2. The Balaban J connectivity index is 2.92. The second-order valence-corrected chi connectivity index (χ2v) is 3.87. The molecule has 0 aromatic carbocycles. The minimum Gasteiger partial charge on any atom is -0.342 e. The first kappa shape index (κ1) is 11.0. The van der Waals surface area contributed by atoms with Crippen molar-refractivity contribution in [3.63, 3.8) is 0 Å². The Kier molecular flexibility index (Phi) is 3.13. The summed E-state index contributed by atoms with van der Waals surface area (Å²) in [6.45, 7) is 6.85. The largest absolute Gasteiger partial charge is 0.342 e. The van der Waals surface area contributed by atoms with Crippen molar-refractivity contribution in [3.8, 4) is 0 Å². The van der Waals surface area contributed by atoms with E-state index < -0.39 is 5.54 Å². The van der Waals surface area contributed by atoms with Crippen molar-refractivity contribution in [2.24, 2.45) is 0 Å². The molecule has 0 spiro atoms. The van der Waals surface area contributed by atoms with E-state index in [2.05, 4.69) is 5.32 Å². The average Bonchev–Trinajstić information content (AvgIpc) is 2.27. The Morgan fingerprint density at radius 2 is 2.07 bits per heavy atom. The Hall–Kier alpha value is -1.06. The van der Waals surface area contributed by atoms with Crippen LogP contribution in [0.25, 0.3) is 0 Å². The highest BCUT2D eigenvalue weighted by Gasteiger charge is 2.38. The highest BCUT2D eigenvalue weighted by molar-refractivity contribution is 5.93. The maximum Gasteiger partial charge on any atom is 0.248 e. The lowest BCUT2D eigenvalue weighted by Crippen LogP contribution is -2.54. The number of carbonyl (C=O) groups excluding carboxylic acids is 2. The van der Waals surface area contributed by atoms with Crippen molar-refractivity contribution >= 4 is 11.8 Å². The van der Waals surface area contributed by atoms with Gasteiger partial charge in [0.2, 0.25) is 11.8 Å². The molecule has 4 heteroatoms. The van der Waals surface area contributed by atoms with Crippen LogP contribution < -0.4 is 5.32 Å². The predicted octanol–water partition coefficient (Wildman–Crippen LogP) is 0.523. The zero-order chi connectivity index (χ0) is 10.8. The zero-order valence-corrected chi connectivity index (χ0v) is 9.09. The quantitative estimate of drug-likeness (QED) is 0.703. The van der Waals surface area contributed by atoms with E-state index >= 15 is 0 Å². The number of nitrogens with one attached hydrogen (secondary N) is 1. The summed E-state index contributed by atoms with van der Waals surface area (Å²) in [5.41, 5.74) is -0.705. The molecule has 0 aromatic rings. The van der Waals surface area contributed by atoms with Crippen LogP contribution in [-0.2, 0) is 9.59 Å². The van der Waals surface area contributed by atoms with Crippen molar-refractivity contribution in [1.29, 1.82) is 0 Å². The molecule has 80 valence electrons. The van der Waals surface area contributed by atoms with E-state index in [1.54, 1.807) is 11.8 Å². The van der Waals surface area contributed by atoms with Crippen LogP contribution in [0.1, 0.15) is 33.6 Å². The van der Waals surface area contributed by atoms with Gasteiger partial charge < -0.3 is 10.2 Å². The molecule has 1 unspecified atom stereocenters. The van der Waals surface area contributed by atoms with E-state index in [0.29, 0.717) is 25.9 Å². The van der Waals surface area contributed by atoms with E-state index in [-0.39, 0.29) is 11.8 Å². The van der Waals surface area contributed by atoms with Crippen molar-refractivity contribution in [3.05, 3.63) is 0 Å². The van der Waals surface area contributed by atoms with Gasteiger partial charge in [0, 0.05) is 19.5 Å². The number of rotatable bonds is 2. The van der Waals surface area contributed by atoms with E-state index in [0.717, 1.165) is 0 Å². The second kappa shape index (κ2) is 3.98. The summed E-state index contributed by atoms with van der Waals surface area (Å²) in [7, 11) is 0. The fraction of sp³-hybridized carbons (Fsp3) is 0.800. The minimum atomic E-state index is -0.705. The lowest BCUT2D eigenvalue weighted by atomic mass is 9.97. The first-order chi connectivity index (χ1) is 6.53. The second-order valence-electron chi connectivity index (χ2n) is 3.87. The van der Waals surface area contributed by atoms with E-state index in [1.165, 1.54) is 0 Å². The van der Waals surface area contributed by atoms with Crippen LogP contribution >= 0.6 is 0 Å². The molecular formula is C10H18N2O2. The number of likely N-dealkylation sites (N-methyl/N-ethyl adjacent to an activating group) is 1. The van der Waals surface area contributed by atoms with Crippen LogP contribution in [0.2, 0.25) is 0 Å². The van der Waals surface area contributed by atoms with Gasteiger partial charge in [-0.15, -0.1) is 0 Å². The van der Waals surface area contributed by atoms with E-state index in [1.807, 2.05) is 13.8 Å². The van der Waals surface area contributed by atoms with Crippen molar-refractivity contribution in [2.45, 2.75) is 39.2 Å². The first-order valence-corrected chi connectivity index (χ1v) is 5.14. The molecule has 1 atom stereocenters. The topological polar surface area (TPSA) is 49.4 Å². The molecule has 0 aliphatic carbocycles. The molecule has 0 bridgehead atoms. The predicted molar refractivity (Wildman–Crippen MR) is 53.7 cm³/mol. The van der Waals surface area contributed by atoms with E-state index in [4.69, 9.17) is 0 Å². The van der Waals surface area contributed by atoms with Gasteiger partial charge in [0.05, 0.1) is 0 Å². The minimum absolute atomic E-state index is 0.0290. The molecule has 2 amide bonds. The molecule has 0 radical (unpaired) electrons. The third-order valence-corrected chi connectivity index (χ3v) is 2.87. The first-order valence-electron chi connectivity index (χ1n) is 5.14. The van der Waals surface area contributed by atoms with Crippen LogP contribution in [0.5, 0.6) is 0 Å². The Morgan fingerprint density at radius 1 is 1.43 bits per heavy atom. The average molecular weight is 198 g/mol. The van der Waals surface area contributed by atoms with E-state index in [9.17, 15) is 9.59 Å². The van der Waals surface area contributed by atoms with Gasteiger partial charge >= 0.3 is 0 Å². The lowest BCUT2D eigenvalue weighted by molar-refractivity contribution is -0.138. The monoisotopic (exact) mass is 198 g/mol. The maximum atomic E-state index is 12.0. The number of hydrogen-bond donors (Lipinski definition) is 1. The van der Waals surface area contributed by atoms with Gasteiger partial charge in [-0.1, -0.05) is 6.92 Å². The van der Waals surface area contributed by atoms with Crippen LogP contribution in [0.15, 0.2) is 0 Å². The Morgan fingerprint density at radius 3 is 2.57 bits per heavy atom. The number of carbonyl (C=O) groups is 2. The lowest BCUT2D eigenvalue weighted by Gasteiger charge is -2.30. The number of nitrogens with zero attached hydrogens (tertiary/aromatic N) is 1. The molecular weight excluding hydrogens is 180 g/mol. The zero-order valence-electron chi connectivity index (χ0n) is 9.09. The molecule has 1 aliphatic heterocycles. The van der Waals surface area contributed by atoms with Gasteiger partial charge in [0.1, 0.15) is 5.54 Å². The molecule has 4 nitrogen and oxygen atoms in total. The van der Waals surface area contributed by atoms with Crippen molar-refractivity contribution in [2.75, 3.05) is 13.1 Å².